The zero-order valence-electron chi connectivity index (χ0n) is 15.2. The molecule has 3 atom stereocenters. The maximum atomic E-state index is 11.2. The molecule has 0 saturated heterocycles. The first-order valence-corrected chi connectivity index (χ1v) is 8.82. The molecule has 6 heteroatoms. The molecular formula is C18H33NO5. The van der Waals surface area contributed by atoms with Crippen LogP contribution in [-0.2, 0) is 9.59 Å². The number of allylic oxidation sites excluding steroid dienone is 1. The number of carboxylic acids is 2. The number of carboxylic acid groups (broad SMARTS) is 2. The molecule has 0 aromatic carbocycles. The maximum Gasteiger partial charge on any atom is 0.311 e. The van der Waals surface area contributed by atoms with Gasteiger partial charge in [0.1, 0.15) is 12.5 Å². The maximum absolute atomic E-state index is 11.2. The van der Waals surface area contributed by atoms with Crippen molar-refractivity contribution in [1.29, 1.82) is 0 Å². The van der Waals surface area contributed by atoms with Gasteiger partial charge in [-0.05, 0) is 13.3 Å². The van der Waals surface area contributed by atoms with Crippen LogP contribution in [0, 0.1) is 11.8 Å². The lowest BCUT2D eigenvalue weighted by molar-refractivity contribution is -0.932. The number of hydrogen-bond acceptors (Lipinski definition) is 4. The van der Waals surface area contributed by atoms with Crippen molar-refractivity contribution in [2.45, 2.75) is 46.5 Å². The molecule has 0 saturated carbocycles. The molecule has 0 aromatic rings. The van der Waals surface area contributed by atoms with Crippen molar-refractivity contribution < 1.29 is 29.4 Å². The van der Waals surface area contributed by atoms with E-state index in [4.69, 9.17) is 0 Å². The number of carbonyl (C=O) groups is 2. The molecule has 2 N–H and O–H groups in total. The SMILES string of the molecule is CCCC/C=C/CC[N+](CCO)(CC(C)C(=O)[O-])CC(C)C(=O)O. The Bertz CT molecular complexity index is 386. The topological polar surface area (TPSA) is 97.7 Å². The van der Waals surface area contributed by atoms with E-state index in [0.29, 0.717) is 19.6 Å². The van der Waals surface area contributed by atoms with Crippen LogP contribution in [0.2, 0.25) is 0 Å². The molecule has 0 aromatic heterocycles. The monoisotopic (exact) mass is 343 g/mol. The molecule has 0 amide bonds. The zero-order chi connectivity index (χ0) is 18.6. The number of unbranched alkanes of at least 4 members (excludes halogenated alkanes) is 2. The molecule has 140 valence electrons. The third-order valence-electron chi connectivity index (χ3n) is 4.38. The number of quaternary nitrogens is 1. The average molecular weight is 343 g/mol. The van der Waals surface area contributed by atoms with Gasteiger partial charge < -0.3 is 24.6 Å². The molecule has 0 rings (SSSR count). The van der Waals surface area contributed by atoms with E-state index in [9.17, 15) is 24.9 Å². The molecule has 6 nitrogen and oxygen atoms in total. The van der Waals surface area contributed by atoms with E-state index in [0.717, 1.165) is 25.7 Å². The fourth-order valence-electron chi connectivity index (χ4n) is 2.98. The van der Waals surface area contributed by atoms with E-state index in [2.05, 4.69) is 19.1 Å². The number of aliphatic hydroxyl groups is 1. The van der Waals surface area contributed by atoms with Crippen LogP contribution in [0.3, 0.4) is 0 Å². The second kappa shape index (κ2) is 12.0. The van der Waals surface area contributed by atoms with E-state index in [1.54, 1.807) is 13.8 Å². The molecule has 0 aliphatic rings. The van der Waals surface area contributed by atoms with Crippen molar-refractivity contribution in [2.24, 2.45) is 11.8 Å². The number of aliphatic carboxylic acids is 2. The Labute approximate surface area is 145 Å². The lowest BCUT2D eigenvalue weighted by Crippen LogP contribution is -2.57. The van der Waals surface area contributed by atoms with E-state index >= 15 is 0 Å². The molecule has 0 radical (unpaired) electrons. The van der Waals surface area contributed by atoms with Gasteiger partial charge in [0, 0.05) is 18.3 Å². The standard InChI is InChI=1S/C18H33NO5/c1-4-5-6-7-8-9-10-19(11-12-20,13-15(2)17(21)22)14-16(3)18(23)24/h7-8,15-16,20H,4-6,9-14H2,1-3H3,(H-,21,22,23,24)/b8-7+. The highest BCUT2D eigenvalue weighted by molar-refractivity contribution is 5.69. The van der Waals surface area contributed by atoms with Crippen LogP contribution in [-0.4, -0.2) is 59.4 Å². The van der Waals surface area contributed by atoms with Crippen LogP contribution >= 0.6 is 0 Å². The lowest BCUT2D eigenvalue weighted by atomic mass is 10.0. The predicted molar refractivity (Wildman–Crippen MR) is 91.1 cm³/mol. The molecule has 0 bridgehead atoms. The normalized spacial score (nSPS) is 16.7. The van der Waals surface area contributed by atoms with Crippen molar-refractivity contribution in [1.82, 2.24) is 0 Å². The summed E-state index contributed by atoms with van der Waals surface area (Å²) in [5, 5.41) is 29.8. The summed E-state index contributed by atoms with van der Waals surface area (Å²) in [6, 6.07) is 0. The van der Waals surface area contributed by atoms with Crippen LogP contribution in [0.15, 0.2) is 12.2 Å². The second-order valence-corrected chi connectivity index (χ2v) is 6.74. The Hall–Kier alpha value is -1.40. The fourth-order valence-corrected chi connectivity index (χ4v) is 2.98. The van der Waals surface area contributed by atoms with Crippen molar-refractivity contribution >= 4 is 11.9 Å². The van der Waals surface area contributed by atoms with Crippen molar-refractivity contribution in [3.63, 3.8) is 0 Å². The number of rotatable bonds is 14. The second-order valence-electron chi connectivity index (χ2n) is 6.74. The summed E-state index contributed by atoms with van der Waals surface area (Å²) in [4.78, 5) is 22.4. The first-order valence-electron chi connectivity index (χ1n) is 8.82. The third kappa shape index (κ3) is 9.03. The first kappa shape index (κ1) is 22.6. The van der Waals surface area contributed by atoms with Gasteiger partial charge in [-0.2, -0.15) is 0 Å². The Morgan fingerprint density at radius 1 is 1.08 bits per heavy atom. The Morgan fingerprint density at radius 3 is 2.17 bits per heavy atom. The van der Waals surface area contributed by atoms with Gasteiger partial charge >= 0.3 is 5.97 Å². The fraction of sp³-hybridized carbons (Fsp3) is 0.778. The predicted octanol–water partition coefficient (Wildman–Crippen LogP) is 1.04. The highest BCUT2D eigenvalue weighted by Crippen LogP contribution is 2.17. The lowest BCUT2D eigenvalue weighted by Gasteiger charge is -2.41. The highest BCUT2D eigenvalue weighted by atomic mass is 16.4. The van der Waals surface area contributed by atoms with Gasteiger partial charge in [-0.15, -0.1) is 0 Å². The van der Waals surface area contributed by atoms with Crippen LogP contribution in [0.25, 0.3) is 0 Å². The van der Waals surface area contributed by atoms with Gasteiger partial charge in [0.15, 0.2) is 0 Å². The molecule has 0 spiro atoms. The van der Waals surface area contributed by atoms with E-state index < -0.39 is 23.8 Å². The average Bonchev–Trinajstić information content (AvgIpc) is 2.50. The van der Waals surface area contributed by atoms with Crippen LogP contribution in [0.5, 0.6) is 0 Å². The van der Waals surface area contributed by atoms with Crippen molar-refractivity contribution in [3.8, 4) is 0 Å². The van der Waals surface area contributed by atoms with Gasteiger partial charge in [0.2, 0.25) is 0 Å². The van der Waals surface area contributed by atoms with Gasteiger partial charge in [-0.25, -0.2) is 0 Å². The summed E-state index contributed by atoms with van der Waals surface area (Å²) >= 11 is 0. The largest absolute Gasteiger partial charge is 0.550 e. The van der Waals surface area contributed by atoms with Gasteiger partial charge in [0.05, 0.1) is 26.2 Å². The molecule has 0 aliphatic carbocycles. The molecular weight excluding hydrogens is 310 g/mol. The molecule has 0 fully saturated rings. The van der Waals surface area contributed by atoms with Crippen LogP contribution in [0.1, 0.15) is 46.5 Å². The van der Waals surface area contributed by atoms with Crippen LogP contribution in [0.4, 0.5) is 0 Å². The summed E-state index contributed by atoms with van der Waals surface area (Å²) in [7, 11) is 0. The molecule has 0 aliphatic heterocycles. The Balaban J connectivity index is 5.06. The summed E-state index contributed by atoms with van der Waals surface area (Å²) in [6.45, 7) is 6.74. The number of carbonyl (C=O) groups excluding carboxylic acids is 1. The minimum absolute atomic E-state index is 0.106. The van der Waals surface area contributed by atoms with Crippen molar-refractivity contribution in [2.75, 3.05) is 32.8 Å². The third-order valence-corrected chi connectivity index (χ3v) is 4.38. The summed E-state index contributed by atoms with van der Waals surface area (Å²) in [5.41, 5.74) is 0. The van der Waals surface area contributed by atoms with E-state index in [1.165, 1.54) is 0 Å². The molecule has 3 unspecified atom stereocenters. The summed E-state index contributed by atoms with van der Waals surface area (Å²) < 4.78 is 0.275. The first-order chi connectivity index (χ1) is 11.3. The summed E-state index contributed by atoms with van der Waals surface area (Å²) in [6.07, 6.45) is 8.18. The number of hydrogen-bond donors (Lipinski definition) is 2. The zero-order valence-corrected chi connectivity index (χ0v) is 15.2. The Morgan fingerprint density at radius 2 is 1.67 bits per heavy atom. The highest BCUT2D eigenvalue weighted by Gasteiger charge is 2.33. The number of aliphatic hydroxyl groups excluding tert-OH is 1. The van der Waals surface area contributed by atoms with Gasteiger partial charge in [0.25, 0.3) is 0 Å². The van der Waals surface area contributed by atoms with Gasteiger partial charge in [-0.3, -0.25) is 4.79 Å². The molecule has 24 heavy (non-hydrogen) atoms. The smallest absolute Gasteiger partial charge is 0.311 e. The number of nitrogens with zero attached hydrogens (tertiary/aromatic N) is 1. The summed E-state index contributed by atoms with van der Waals surface area (Å²) in [5.74, 6) is -3.34. The van der Waals surface area contributed by atoms with E-state index in [-0.39, 0.29) is 17.6 Å². The van der Waals surface area contributed by atoms with Gasteiger partial charge in [-0.1, -0.05) is 38.8 Å². The quantitative estimate of drug-likeness (QED) is 0.279. The van der Waals surface area contributed by atoms with Crippen LogP contribution < -0.4 is 5.11 Å². The minimum Gasteiger partial charge on any atom is -0.550 e. The minimum atomic E-state index is -1.14. The molecule has 0 heterocycles. The Kier molecular flexibility index (Phi) is 11.3. The van der Waals surface area contributed by atoms with Crippen molar-refractivity contribution in [3.05, 3.63) is 12.2 Å². The van der Waals surface area contributed by atoms with E-state index in [1.807, 2.05) is 0 Å².